The summed E-state index contributed by atoms with van der Waals surface area (Å²) in [6.45, 7) is 0. The predicted molar refractivity (Wildman–Crippen MR) is 80.8 cm³/mol. The van der Waals surface area contributed by atoms with Gasteiger partial charge >= 0.3 is 0 Å². The second-order valence-electron chi connectivity index (χ2n) is 4.32. The third kappa shape index (κ3) is 3.74. The Morgan fingerprint density at radius 2 is 1.78 bits per heavy atom. The van der Waals surface area contributed by atoms with Gasteiger partial charge in [-0.05, 0) is 24.3 Å². The molecule has 9 nitrogen and oxygen atoms in total. The second kappa shape index (κ2) is 6.32. The van der Waals surface area contributed by atoms with Crippen LogP contribution in [0.15, 0.2) is 52.5 Å². The highest BCUT2D eigenvalue weighted by atomic mass is 32.2. The minimum absolute atomic E-state index is 0.108. The Labute approximate surface area is 130 Å². The first-order chi connectivity index (χ1) is 10.8. The molecule has 10 heteroatoms. The lowest BCUT2D eigenvalue weighted by Gasteiger charge is -2.03. The van der Waals surface area contributed by atoms with Crippen LogP contribution in [0.5, 0.6) is 11.5 Å². The Hall–Kier alpha value is -3.14. The smallest absolute Gasteiger partial charge is 0.276 e. The zero-order valence-electron chi connectivity index (χ0n) is 11.4. The van der Waals surface area contributed by atoms with Crippen LogP contribution in [-0.4, -0.2) is 29.8 Å². The topological polar surface area (TPSA) is 142 Å². The fraction of sp³-hybridized carbons (Fsp3) is 0. The molecule has 0 radical (unpaired) electrons. The molecule has 0 amide bonds. The van der Waals surface area contributed by atoms with Crippen molar-refractivity contribution in [2.45, 2.75) is 4.90 Å². The van der Waals surface area contributed by atoms with Crippen molar-refractivity contribution < 1.29 is 23.6 Å². The first-order valence-corrected chi connectivity index (χ1v) is 7.60. The number of phenolic OH excluding ortho intramolecular Hbond substituents is 2. The standard InChI is InChI=1S/C13H11N3O6S/c17-12-3-1-2-9(13(12)18)8-14-15-23(21,22)11-6-4-10(5-7-11)16(19)20/h1-8,15,17-18H. The Morgan fingerprint density at radius 1 is 1.13 bits per heavy atom. The third-order valence-corrected chi connectivity index (χ3v) is 4.02. The van der Waals surface area contributed by atoms with Gasteiger partial charge in [-0.1, -0.05) is 6.07 Å². The molecule has 0 atom stereocenters. The number of hydrogen-bond donors (Lipinski definition) is 3. The summed E-state index contributed by atoms with van der Waals surface area (Å²) in [7, 11) is -4.01. The van der Waals surface area contributed by atoms with Crippen LogP contribution >= 0.6 is 0 Å². The number of nitrogens with one attached hydrogen (secondary N) is 1. The van der Waals surface area contributed by atoms with Crippen molar-refractivity contribution >= 4 is 21.9 Å². The first-order valence-electron chi connectivity index (χ1n) is 6.11. The van der Waals surface area contributed by atoms with Gasteiger partial charge in [-0.15, -0.1) is 0 Å². The van der Waals surface area contributed by atoms with E-state index in [1.54, 1.807) is 0 Å². The molecule has 2 aromatic rings. The number of rotatable bonds is 5. The minimum Gasteiger partial charge on any atom is -0.504 e. The maximum absolute atomic E-state index is 11.9. The van der Waals surface area contributed by atoms with Crippen LogP contribution in [0.25, 0.3) is 0 Å². The molecule has 0 aliphatic heterocycles. The number of nitro groups is 1. The normalized spacial score (nSPS) is 11.5. The summed E-state index contributed by atoms with van der Waals surface area (Å²) in [6.07, 6.45) is 1.01. The van der Waals surface area contributed by atoms with E-state index in [0.717, 1.165) is 30.5 Å². The number of hydrogen-bond acceptors (Lipinski definition) is 7. The van der Waals surface area contributed by atoms with Crippen LogP contribution in [0.1, 0.15) is 5.56 Å². The number of benzene rings is 2. The number of hydrazone groups is 1. The number of phenols is 2. The van der Waals surface area contributed by atoms with Crippen molar-refractivity contribution in [1.82, 2.24) is 4.83 Å². The summed E-state index contributed by atoms with van der Waals surface area (Å²) < 4.78 is 23.9. The molecule has 0 heterocycles. The third-order valence-electron chi connectivity index (χ3n) is 2.78. The Morgan fingerprint density at radius 3 is 2.39 bits per heavy atom. The van der Waals surface area contributed by atoms with Gasteiger partial charge in [-0.3, -0.25) is 10.1 Å². The van der Waals surface area contributed by atoms with Crippen molar-refractivity contribution in [2.24, 2.45) is 5.10 Å². The average Bonchev–Trinajstić information content (AvgIpc) is 2.51. The van der Waals surface area contributed by atoms with Crippen molar-refractivity contribution in [3.8, 4) is 11.5 Å². The van der Waals surface area contributed by atoms with Crippen molar-refractivity contribution in [3.05, 3.63) is 58.1 Å². The quantitative estimate of drug-likeness (QED) is 0.325. The molecule has 120 valence electrons. The first kappa shape index (κ1) is 16.2. The number of nitro benzene ring substituents is 1. The van der Waals surface area contributed by atoms with E-state index in [9.17, 15) is 28.7 Å². The molecule has 3 N–H and O–H groups in total. The Kier molecular flexibility index (Phi) is 4.46. The predicted octanol–water partition coefficient (Wildman–Crippen LogP) is 1.32. The summed E-state index contributed by atoms with van der Waals surface area (Å²) in [6, 6.07) is 8.37. The van der Waals surface area contributed by atoms with Crippen molar-refractivity contribution in [1.29, 1.82) is 0 Å². The van der Waals surface area contributed by atoms with Crippen molar-refractivity contribution in [3.63, 3.8) is 0 Å². The van der Waals surface area contributed by atoms with E-state index in [2.05, 4.69) is 5.10 Å². The van der Waals surface area contributed by atoms with Crippen LogP contribution in [-0.2, 0) is 10.0 Å². The van der Waals surface area contributed by atoms with Crippen LogP contribution in [0.4, 0.5) is 5.69 Å². The molecule has 0 saturated carbocycles. The number of sulfonamides is 1. The van der Waals surface area contributed by atoms with Crippen LogP contribution in [0.3, 0.4) is 0 Å². The summed E-state index contributed by atoms with van der Waals surface area (Å²) in [5.41, 5.74) is -0.131. The number of nitrogens with zero attached hydrogens (tertiary/aromatic N) is 2. The van der Waals surface area contributed by atoms with E-state index in [1.807, 2.05) is 4.83 Å². The van der Waals surface area contributed by atoms with Crippen LogP contribution < -0.4 is 4.83 Å². The molecule has 2 rings (SSSR count). The summed E-state index contributed by atoms with van der Waals surface area (Å²) in [4.78, 5) is 11.6. The molecule has 0 aromatic heterocycles. The van der Waals surface area contributed by atoms with Gasteiger partial charge in [-0.2, -0.15) is 13.5 Å². The Bertz CT molecular complexity index is 862. The average molecular weight is 337 g/mol. The van der Waals surface area contributed by atoms with Gasteiger partial charge in [0, 0.05) is 17.7 Å². The van der Waals surface area contributed by atoms with E-state index >= 15 is 0 Å². The molecule has 2 aromatic carbocycles. The van der Waals surface area contributed by atoms with E-state index in [-0.39, 0.29) is 21.9 Å². The number of non-ortho nitro benzene ring substituents is 1. The van der Waals surface area contributed by atoms with Gasteiger partial charge in [0.15, 0.2) is 11.5 Å². The van der Waals surface area contributed by atoms with Gasteiger partial charge in [0.25, 0.3) is 15.7 Å². The van der Waals surface area contributed by atoms with Crippen molar-refractivity contribution in [2.75, 3.05) is 0 Å². The molecule has 0 unspecified atom stereocenters. The molecular weight excluding hydrogens is 326 g/mol. The molecule has 23 heavy (non-hydrogen) atoms. The SMILES string of the molecule is O=[N+]([O-])c1ccc(S(=O)(=O)NN=Cc2cccc(O)c2O)cc1. The minimum atomic E-state index is -4.01. The maximum Gasteiger partial charge on any atom is 0.276 e. The maximum atomic E-state index is 11.9. The molecule has 0 spiro atoms. The summed E-state index contributed by atoms with van der Waals surface area (Å²) >= 11 is 0. The number of para-hydroxylation sites is 1. The van der Waals surface area contributed by atoms with Gasteiger partial charge in [0.05, 0.1) is 16.0 Å². The zero-order chi connectivity index (χ0) is 17.0. The molecule has 0 aliphatic carbocycles. The Balaban J connectivity index is 2.16. The highest BCUT2D eigenvalue weighted by Gasteiger charge is 2.14. The van der Waals surface area contributed by atoms with Gasteiger partial charge in [-0.25, -0.2) is 4.83 Å². The fourth-order valence-electron chi connectivity index (χ4n) is 1.62. The second-order valence-corrected chi connectivity index (χ2v) is 5.98. The largest absolute Gasteiger partial charge is 0.504 e. The van der Waals surface area contributed by atoms with Gasteiger partial charge in [0.1, 0.15) is 0 Å². The van der Waals surface area contributed by atoms with E-state index < -0.39 is 20.7 Å². The van der Waals surface area contributed by atoms with Gasteiger partial charge < -0.3 is 10.2 Å². The number of aromatic hydroxyl groups is 2. The monoisotopic (exact) mass is 337 g/mol. The lowest BCUT2D eigenvalue weighted by molar-refractivity contribution is -0.384. The highest BCUT2D eigenvalue weighted by molar-refractivity contribution is 7.89. The lowest BCUT2D eigenvalue weighted by Crippen LogP contribution is -2.18. The van der Waals surface area contributed by atoms with E-state index in [4.69, 9.17) is 0 Å². The molecule has 0 aliphatic rings. The zero-order valence-corrected chi connectivity index (χ0v) is 12.3. The van der Waals surface area contributed by atoms with E-state index in [1.165, 1.54) is 18.2 Å². The van der Waals surface area contributed by atoms with E-state index in [0.29, 0.717) is 0 Å². The molecule has 0 bridgehead atoms. The summed E-state index contributed by atoms with van der Waals surface area (Å²) in [5.74, 6) is -0.807. The lowest BCUT2D eigenvalue weighted by atomic mass is 10.2. The fourth-order valence-corrected chi connectivity index (χ4v) is 2.41. The van der Waals surface area contributed by atoms with Crippen LogP contribution in [0, 0.1) is 10.1 Å². The molecule has 0 saturated heterocycles. The highest BCUT2D eigenvalue weighted by Crippen LogP contribution is 2.26. The van der Waals surface area contributed by atoms with Gasteiger partial charge in [0.2, 0.25) is 0 Å². The molecule has 0 fully saturated rings. The van der Waals surface area contributed by atoms with Crippen LogP contribution in [0.2, 0.25) is 0 Å². The summed E-state index contributed by atoms with van der Waals surface area (Å²) in [5, 5.41) is 32.9. The molecular formula is C13H11N3O6S.